The van der Waals surface area contributed by atoms with E-state index in [4.69, 9.17) is 9.11 Å². The van der Waals surface area contributed by atoms with Gasteiger partial charge in [0.2, 0.25) is 0 Å². The van der Waals surface area contributed by atoms with Crippen LogP contribution in [0.5, 0.6) is 5.75 Å². The number of hydrogen-bond acceptors (Lipinski definition) is 5. The maximum atomic E-state index is 11.2. The monoisotopic (exact) mass is 304 g/mol. The van der Waals surface area contributed by atoms with E-state index in [1.54, 1.807) is 0 Å². The van der Waals surface area contributed by atoms with Gasteiger partial charge < -0.3 is 4.18 Å². The van der Waals surface area contributed by atoms with Crippen molar-refractivity contribution in [1.82, 2.24) is 0 Å². The first-order chi connectivity index (χ1) is 8.68. The van der Waals surface area contributed by atoms with Crippen LogP contribution in [0.2, 0.25) is 0 Å². The van der Waals surface area contributed by atoms with E-state index in [0.717, 1.165) is 12.1 Å². The molecular weight excluding hydrogens is 296 g/mol. The van der Waals surface area contributed by atoms with Crippen LogP contribution < -0.4 is 4.18 Å². The normalized spacial score (nSPS) is 12.5. The topological polar surface area (TPSA) is 118 Å². The Morgan fingerprint density at radius 3 is 1.95 bits per heavy atom. The van der Waals surface area contributed by atoms with E-state index in [1.165, 1.54) is 24.3 Å². The third-order valence-corrected chi connectivity index (χ3v) is 3.62. The summed E-state index contributed by atoms with van der Waals surface area (Å²) in [4.78, 5) is -0.384. The molecule has 2 aromatic carbocycles. The van der Waals surface area contributed by atoms with Crippen LogP contribution in [0.1, 0.15) is 0 Å². The van der Waals surface area contributed by atoms with Gasteiger partial charge in [-0.3, -0.25) is 9.11 Å². The summed E-state index contributed by atoms with van der Waals surface area (Å²) in [6, 6.07) is 7.80. The van der Waals surface area contributed by atoms with Crippen molar-refractivity contribution in [3.05, 3.63) is 36.4 Å². The molecule has 7 nitrogen and oxygen atoms in total. The van der Waals surface area contributed by atoms with Crippen LogP contribution in [-0.2, 0) is 20.5 Å². The van der Waals surface area contributed by atoms with E-state index in [1.807, 2.05) is 0 Å². The van der Waals surface area contributed by atoms with Crippen molar-refractivity contribution >= 4 is 31.3 Å². The highest BCUT2D eigenvalue weighted by Gasteiger charge is 2.18. The largest absolute Gasteiger partial charge is 0.446 e. The molecule has 0 fully saturated rings. The Bertz CT molecular complexity index is 837. The third kappa shape index (κ3) is 3.01. The molecule has 0 aliphatic heterocycles. The Balaban J connectivity index is 2.80. The molecule has 0 saturated heterocycles. The molecule has 102 valence electrons. The van der Waals surface area contributed by atoms with Gasteiger partial charge in [-0.15, -0.1) is 0 Å². The summed E-state index contributed by atoms with van der Waals surface area (Å²) in [6.07, 6.45) is 0. The second kappa shape index (κ2) is 4.46. The van der Waals surface area contributed by atoms with E-state index in [-0.39, 0.29) is 21.4 Å². The summed E-state index contributed by atoms with van der Waals surface area (Å²) in [5, 5.41) is 0.196. The highest BCUT2D eigenvalue weighted by Crippen LogP contribution is 2.31. The molecule has 0 heterocycles. The molecule has 0 bridgehead atoms. The summed E-state index contributed by atoms with van der Waals surface area (Å²) < 4.78 is 65.8. The molecule has 0 aliphatic carbocycles. The molecular formula is C10H8O7S2. The molecule has 0 amide bonds. The minimum atomic E-state index is -4.73. The highest BCUT2D eigenvalue weighted by molar-refractivity contribution is 7.86. The predicted molar refractivity (Wildman–Crippen MR) is 65.9 cm³/mol. The average molecular weight is 304 g/mol. The van der Waals surface area contributed by atoms with Crippen molar-refractivity contribution in [2.75, 3.05) is 0 Å². The lowest BCUT2D eigenvalue weighted by molar-refractivity contribution is 0.388. The Morgan fingerprint density at radius 2 is 1.42 bits per heavy atom. The van der Waals surface area contributed by atoms with Crippen LogP contribution in [-0.4, -0.2) is 25.9 Å². The standard InChI is InChI=1S/C10H8O7S2/c11-18(12,13)10-6-5-9(17-19(14,15)16)7-3-1-2-4-8(7)10/h1-6H,(H,11,12,13)(H,14,15,16). The van der Waals surface area contributed by atoms with Crippen LogP contribution in [0.3, 0.4) is 0 Å². The molecule has 0 aromatic heterocycles. The van der Waals surface area contributed by atoms with Crippen LogP contribution >= 0.6 is 0 Å². The lowest BCUT2D eigenvalue weighted by Gasteiger charge is -2.08. The molecule has 2 rings (SSSR count). The lowest BCUT2D eigenvalue weighted by atomic mass is 10.1. The first-order valence-electron chi connectivity index (χ1n) is 4.84. The molecule has 9 heteroatoms. The second-order valence-corrected chi connectivity index (χ2v) is 6.01. The summed E-state index contributed by atoms with van der Waals surface area (Å²) in [5.74, 6) is -0.245. The molecule has 2 aromatic rings. The van der Waals surface area contributed by atoms with Gasteiger partial charge in [0, 0.05) is 10.8 Å². The molecule has 0 radical (unpaired) electrons. The van der Waals surface area contributed by atoms with Crippen molar-refractivity contribution < 1.29 is 30.1 Å². The highest BCUT2D eigenvalue weighted by atomic mass is 32.3. The Morgan fingerprint density at radius 1 is 0.842 bits per heavy atom. The molecule has 0 saturated carbocycles. The van der Waals surface area contributed by atoms with Crippen LogP contribution in [0.4, 0.5) is 0 Å². The van der Waals surface area contributed by atoms with Crippen LogP contribution in [0, 0.1) is 0 Å². The first kappa shape index (κ1) is 13.7. The van der Waals surface area contributed by atoms with E-state index < -0.39 is 20.5 Å². The molecule has 0 spiro atoms. The smallest absolute Gasteiger partial charge is 0.361 e. The fourth-order valence-corrected chi connectivity index (χ4v) is 2.72. The number of benzene rings is 2. The van der Waals surface area contributed by atoms with Gasteiger partial charge in [0.15, 0.2) is 5.75 Å². The second-order valence-electron chi connectivity index (χ2n) is 3.59. The Labute approximate surface area is 109 Å². The van der Waals surface area contributed by atoms with E-state index in [2.05, 4.69) is 4.18 Å². The van der Waals surface area contributed by atoms with Gasteiger partial charge in [0.1, 0.15) is 4.90 Å². The van der Waals surface area contributed by atoms with Crippen molar-refractivity contribution in [2.45, 2.75) is 4.90 Å². The van der Waals surface area contributed by atoms with Gasteiger partial charge in [-0.25, -0.2) is 0 Å². The maximum absolute atomic E-state index is 11.2. The van der Waals surface area contributed by atoms with Crippen molar-refractivity contribution in [2.24, 2.45) is 0 Å². The van der Waals surface area contributed by atoms with Gasteiger partial charge in [-0.05, 0) is 12.1 Å². The zero-order valence-corrected chi connectivity index (χ0v) is 10.8. The fourth-order valence-electron chi connectivity index (χ4n) is 1.65. The lowest BCUT2D eigenvalue weighted by Crippen LogP contribution is -2.07. The van der Waals surface area contributed by atoms with Crippen LogP contribution in [0.15, 0.2) is 41.3 Å². The number of fused-ring (bicyclic) bond motifs is 1. The molecule has 0 atom stereocenters. The first-order valence-corrected chi connectivity index (χ1v) is 7.65. The van der Waals surface area contributed by atoms with Gasteiger partial charge in [-0.1, -0.05) is 24.3 Å². The summed E-state index contributed by atoms with van der Waals surface area (Å²) in [5.41, 5.74) is 0. The zero-order chi connectivity index (χ0) is 14.3. The number of hydrogen-bond donors (Lipinski definition) is 2. The third-order valence-electron chi connectivity index (χ3n) is 2.32. The van der Waals surface area contributed by atoms with Gasteiger partial charge in [0.25, 0.3) is 10.1 Å². The van der Waals surface area contributed by atoms with E-state index in [0.29, 0.717) is 0 Å². The maximum Gasteiger partial charge on any atom is 0.446 e. The van der Waals surface area contributed by atoms with Gasteiger partial charge in [-0.2, -0.15) is 16.8 Å². The average Bonchev–Trinajstić information content (AvgIpc) is 2.25. The summed E-state index contributed by atoms with van der Waals surface area (Å²) in [7, 11) is -9.19. The van der Waals surface area contributed by atoms with E-state index in [9.17, 15) is 16.8 Å². The van der Waals surface area contributed by atoms with E-state index >= 15 is 0 Å². The quantitative estimate of drug-likeness (QED) is 0.819. The van der Waals surface area contributed by atoms with Crippen molar-refractivity contribution in [3.8, 4) is 5.75 Å². The zero-order valence-electron chi connectivity index (χ0n) is 9.22. The molecule has 19 heavy (non-hydrogen) atoms. The summed E-state index contributed by atoms with van der Waals surface area (Å²) in [6.45, 7) is 0. The molecule has 2 N–H and O–H groups in total. The van der Waals surface area contributed by atoms with Crippen molar-refractivity contribution in [1.29, 1.82) is 0 Å². The van der Waals surface area contributed by atoms with Gasteiger partial charge >= 0.3 is 10.4 Å². The molecule has 0 unspecified atom stereocenters. The Hall–Kier alpha value is -1.68. The van der Waals surface area contributed by atoms with Crippen LogP contribution in [0.25, 0.3) is 10.8 Å². The molecule has 0 aliphatic rings. The minimum Gasteiger partial charge on any atom is -0.361 e. The fraction of sp³-hybridized carbons (Fsp3) is 0. The van der Waals surface area contributed by atoms with Gasteiger partial charge in [0.05, 0.1) is 0 Å². The number of rotatable bonds is 3. The SMILES string of the molecule is O=S(=O)(O)Oc1ccc(S(=O)(=O)O)c2ccccc12. The predicted octanol–water partition coefficient (Wildman–Crippen LogP) is 1.27. The van der Waals surface area contributed by atoms with Crippen molar-refractivity contribution in [3.63, 3.8) is 0 Å². The Kier molecular flexibility index (Phi) is 3.22. The summed E-state index contributed by atoms with van der Waals surface area (Å²) >= 11 is 0. The minimum absolute atomic E-state index is 0.0751.